The van der Waals surface area contributed by atoms with Gasteiger partial charge in [-0.25, -0.2) is 4.68 Å². The standard InChI is InChI=1S/C25H32N6O3S/c1-25(2,3)22(24(34)30-14-18(32)12-21(30)23(33)26-4)31-15-20(28-29-31)16-7-5-8-17(11-16)27-13-19-9-6-10-35-19/h5-11,15,18,21-22,27,32H,12-14H2,1-4H3,(H,26,33)/t18?,21-,22?/m1/s1. The predicted octanol–water partition coefficient (Wildman–Crippen LogP) is 2.91. The third-order valence-corrected chi connectivity index (χ3v) is 7.02. The number of aliphatic hydroxyl groups excluding tert-OH is 1. The van der Waals surface area contributed by atoms with Crippen LogP contribution in [0.15, 0.2) is 48.0 Å². The summed E-state index contributed by atoms with van der Waals surface area (Å²) in [6.45, 7) is 6.71. The van der Waals surface area contributed by atoms with Crippen LogP contribution in [-0.4, -0.2) is 62.6 Å². The number of rotatable bonds is 7. The number of amides is 2. The second-order valence-electron chi connectivity index (χ2n) is 9.88. The van der Waals surface area contributed by atoms with Gasteiger partial charge in [0.1, 0.15) is 17.8 Å². The highest BCUT2D eigenvalue weighted by molar-refractivity contribution is 7.09. The summed E-state index contributed by atoms with van der Waals surface area (Å²) in [7, 11) is 1.53. The van der Waals surface area contributed by atoms with Crippen molar-refractivity contribution >= 4 is 28.8 Å². The largest absolute Gasteiger partial charge is 0.391 e. The molecule has 35 heavy (non-hydrogen) atoms. The van der Waals surface area contributed by atoms with Crippen molar-refractivity contribution in [3.8, 4) is 11.3 Å². The molecule has 186 valence electrons. The summed E-state index contributed by atoms with van der Waals surface area (Å²) >= 11 is 1.70. The molecule has 1 aromatic carbocycles. The van der Waals surface area contributed by atoms with Gasteiger partial charge in [-0.05, 0) is 29.0 Å². The van der Waals surface area contributed by atoms with Crippen LogP contribution in [0.2, 0.25) is 0 Å². The van der Waals surface area contributed by atoms with Crippen LogP contribution < -0.4 is 10.6 Å². The number of likely N-dealkylation sites (tertiary alicyclic amines) is 1. The van der Waals surface area contributed by atoms with Crippen LogP contribution in [-0.2, 0) is 16.1 Å². The molecule has 0 saturated carbocycles. The van der Waals surface area contributed by atoms with Crippen molar-refractivity contribution in [2.75, 3.05) is 18.9 Å². The van der Waals surface area contributed by atoms with E-state index in [1.165, 1.54) is 16.8 Å². The maximum absolute atomic E-state index is 13.7. The molecule has 4 rings (SSSR count). The van der Waals surface area contributed by atoms with Crippen molar-refractivity contribution in [3.05, 3.63) is 52.9 Å². The number of carbonyl (C=O) groups is 2. The molecular weight excluding hydrogens is 464 g/mol. The van der Waals surface area contributed by atoms with Crippen molar-refractivity contribution < 1.29 is 14.7 Å². The van der Waals surface area contributed by atoms with E-state index in [0.717, 1.165) is 17.8 Å². The SMILES string of the molecule is CNC(=O)[C@H]1CC(O)CN1C(=O)C(n1cc(-c2cccc(NCc3cccs3)c2)nn1)C(C)(C)C. The second-order valence-corrected chi connectivity index (χ2v) is 10.9. The lowest BCUT2D eigenvalue weighted by molar-refractivity contribution is -0.144. The number of carbonyl (C=O) groups excluding carboxylic acids is 2. The maximum atomic E-state index is 13.7. The summed E-state index contributed by atoms with van der Waals surface area (Å²) in [4.78, 5) is 28.8. The molecule has 2 unspecified atom stereocenters. The molecule has 9 nitrogen and oxygen atoms in total. The Hall–Kier alpha value is -3.24. The van der Waals surface area contributed by atoms with Crippen LogP contribution >= 0.6 is 11.3 Å². The minimum absolute atomic E-state index is 0.114. The Morgan fingerprint density at radius 1 is 1.26 bits per heavy atom. The highest BCUT2D eigenvalue weighted by Crippen LogP contribution is 2.35. The van der Waals surface area contributed by atoms with Gasteiger partial charge in [0, 0.05) is 42.7 Å². The zero-order chi connectivity index (χ0) is 25.2. The summed E-state index contributed by atoms with van der Waals surface area (Å²) in [6, 6.07) is 10.6. The first-order chi connectivity index (χ1) is 16.7. The van der Waals surface area contributed by atoms with Gasteiger partial charge in [0.2, 0.25) is 11.8 Å². The molecule has 3 aromatic rings. The third-order valence-electron chi connectivity index (χ3n) is 6.15. The molecule has 1 saturated heterocycles. The number of anilines is 1. The highest BCUT2D eigenvalue weighted by Gasteiger charge is 2.45. The fraction of sp³-hybridized carbons (Fsp3) is 0.440. The lowest BCUT2D eigenvalue weighted by Crippen LogP contribution is -2.49. The van der Waals surface area contributed by atoms with Crippen LogP contribution in [0.25, 0.3) is 11.3 Å². The van der Waals surface area contributed by atoms with Crippen molar-refractivity contribution in [2.24, 2.45) is 5.41 Å². The van der Waals surface area contributed by atoms with E-state index >= 15 is 0 Å². The smallest absolute Gasteiger partial charge is 0.248 e. The van der Waals surface area contributed by atoms with Gasteiger partial charge in [0.25, 0.3) is 0 Å². The average Bonchev–Trinajstić information content (AvgIpc) is 3.58. The van der Waals surface area contributed by atoms with Crippen LogP contribution in [0.4, 0.5) is 5.69 Å². The topological polar surface area (TPSA) is 112 Å². The molecule has 10 heteroatoms. The van der Waals surface area contributed by atoms with Crippen molar-refractivity contribution in [1.82, 2.24) is 25.2 Å². The zero-order valence-corrected chi connectivity index (χ0v) is 21.2. The number of hydrogen-bond donors (Lipinski definition) is 3. The van der Waals surface area contributed by atoms with Gasteiger partial charge < -0.3 is 20.6 Å². The molecule has 0 bridgehead atoms. The number of β-amino-alcohol motifs (C(OH)–C–C–N with tert-alkyl or cyclic N) is 1. The molecule has 3 N–H and O–H groups in total. The maximum Gasteiger partial charge on any atom is 0.248 e. The fourth-order valence-corrected chi connectivity index (χ4v) is 5.08. The molecule has 0 aliphatic carbocycles. The first-order valence-electron chi connectivity index (χ1n) is 11.7. The van der Waals surface area contributed by atoms with Crippen LogP contribution in [0.1, 0.15) is 38.1 Å². The van der Waals surface area contributed by atoms with Gasteiger partial charge in [-0.15, -0.1) is 16.4 Å². The summed E-state index contributed by atoms with van der Waals surface area (Å²) < 4.78 is 1.58. The van der Waals surface area contributed by atoms with Gasteiger partial charge in [0.05, 0.1) is 12.3 Å². The van der Waals surface area contributed by atoms with Gasteiger partial charge in [-0.3, -0.25) is 9.59 Å². The number of nitrogens with zero attached hydrogens (tertiary/aromatic N) is 4. The Kier molecular flexibility index (Phi) is 7.23. The summed E-state index contributed by atoms with van der Waals surface area (Å²) in [5, 5.41) is 26.9. The number of aliphatic hydroxyl groups is 1. The van der Waals surface area contributed by atoms with Crippen LogP contribution in [0, 0.1) is 5.41 Å². The van der Waals surface area contributed by atoms with Gasteiger partial charge >= 0.3 is 0 Å². The molecule has 3 atom stereocenters. The first kappa shape index (κ1) is 24.9. The molecule has 2 amide bonds. The fourth-order valence-electron chi connectivity index (χ4n) is 4.44. The first-order valence-corrected chi connectivity index (χ1v) is 12.5. The zero-order valence-electron chi connectivity index (χ0n) is 20.4. The van der Waals surface area contributed by atoms with Gasteiger partial charge in [0.15, 0.2) is 0 Å². The van der Waals surface area contributed by atoms with Crippen LogP contribution in [0.3, 0.4) is 0 Å². The molecule has 1 aliphatic rings. The van der Waals surface area contributed by atoms with Crippen molar-refractivity contribution in [2.45, 2.75) is 51.9 Å². The summed E-state index contributed by atoms with van der Waals surface area (Å²) in [5.41, 5.74) is 1.99. The molecule has 3 heterocycles. The molecule has 1 fully saturated rings. The summed E-state index contributed by atoms with van der Waals surface area (Å²) in [6.07, 6.45) is 1.25. The van der Waals surface area contributed by atoms with Gasteiger partial charge in [-0.2, -0.15) is 0 Å². The number of benzene rings is 1. The minimum atomic E-state index is -0.738. The Balaban J connectivity index is 1.57. The van der Waals surface area contributed by atoms with E-state index in [4.69, 9.17) is 0 Å². The van der Waals surface area contributed by atoms with Gasteiger partial charge in [-0.1, -0.05) is 44.2 Å². The Bertz CT molecular complexity index is 1170. The Morgan fingerprint density at radius 2 is 2.06 bits per heavy atom. The van der Waals surface area contributed by atoms with Crippen molar-refractivity contribution in [1.29, 1.82) is 0 Å². The molecular formula is C25H32N6O3S. The van der Waals surface area contributed by atoms with E-state index in [2.05, 4.69) is 32.4 Å². The Labute approximate surface area is 209 Å². The number of thiophene rings is 1. The average molecular weight is 497 g/mol. The second kappa shape index (κ2) is 10.2. The van der Waals surface area contributed by atoms with Crippen molar-refractivity contribution in [3.63, 3.8) is 0 Å². The lowest BCUT2D eigenvalue weighted by Gasteiger charge is -2.34. The molecule has 2 aromatic heterocycles. The van der Waals surface area contributed by atoms with E-state index in [9.17, 15) is 14.7 Å². The normalized spacial score (nSPS) is 18.9. The van der Waals surface area contributed by atoms with E-state index in [1.807, 2.05) is 51.1 Å². The number of hydrogen-bond acceptors (Lipinski definition) is 7. The number of likely N-dealkylation sites (N-methyl/N-ethyl adjacent to an activating group) is 1. The number of aromatic nitrogens is 3. The highest BCUT2D eigenvalue weighted by atomic mass is 32.1. The third kappa shape index (κ3) is 5.54. The quantitative estimate of drug-likeness (QED) is 0.464. The minimum Gasteiger partial charge on any atom is -0.391 e. The molecule has 1 aliphatic heterocycles. The van der Waals surface area contributed by atoms with Crippen LogP contribution in [0.5, 0.6) is 0 Å². The summed E-state index contributed by atoms with van der Waals surface area (Å²) in [5.74, 6) is -0.542. The van der Waals surface area contributed by atoms with E-state index in [-0.39, 0.29) is 24.8 Å². The van der Waals surface area contributed by atoms with E-state index < -0.39 is 23.6 Å². The van der Waals surface area contributed by atoms with E-state index in [0.29, 0.717) is 5.69 Å². The Morgan fingerprint density at radius 3 is 2.74 bits per heavy atom. The number of nitrogens with one attached hydrogen (secondary N) is 2. The monoisotopic (exact) mass is 496 g/mol. The molecule has 0 radical (unpaired) electrons. The molecule has 0 spiro atoms. The van der Waals surface area contributed by atoms with E-state index in [1.54, 1.807) is 22.2 Å². The predicted molar refractivity (Wildman–Crippen MR) is 136 cm³/mol. The lowest BCUT2D eigenvalue weighted by atomic mass is 9.85.